The number of Topliss-reactive ketones (excluding diaryl/α,β-unsaturated/α-hetero) is 2. The second-order valence-corrected chi connectivity index (χ2v) is 2.66. The van der Waals surface area contributed by atoms with Crippen LogP contribution in [-0.2, 0) is 0 Å². The Morgan fingerprint density at radius 2 is 1.21 bits per heavy atom. The summed E-state index contributed by atoms with van der Waals surface area (Å²) >= 11 is 0. The van der Waals surface area contributed by atoms with Gasteiger partial charge >= 0.3 is 0 Å². The quantitative estimate of drug-likeness (QED) is 0.681. The lowest BCUT2D eigenvalue weighted by atomic mass is 10.0. The van der Waals surface area contributed by atoms with E-state index in [4.69, 9.17) is 0 Å². The van der Waals surface area contributed by atoms with Gasteiger partial charge in [-0.05, 0) is 13.8 Å². The summed E-state index contributed by atoms with van der Waals surface area (Å²) in [5, 5.41) is 0. The van der Waals surface area contributed by atoms with Gasteiger partial charge in [0.1, 0.15) is 0 Å². The molecule has 0 unspecified atom stereocenters. The number of alkyl halides is 1. The van der Waals surface area contributed by atoms with Crippen molar-refractivity contribution in [2.24, 2.45) is 0 Å². The van der Waals surface area contributed by atoms with Gasteiger partial charge in [-0.3, -0.25) is 14.0 Å². The van der Waals surface area contributed by atoms with Crippen LogP contribution in [0.2, 0.25) is 0 Å². The highest BCUT2D eigenvalue weighted by molar-refractivity contribution is 6.07. The highest BCUT2D eigenvalue weighted by Crippen LogP contribution is 2.09. The number of ketones is 2. The molecule has 3 heteroatoms. The monoisotopic (exact) mass is 196 g/mol. The van der Waals surface area contributed by atoms with Crippen molar-refractivity contribution < 1.29 is 14.0 Å². The maximum absolute atomic E-state index is 11.0. The van der Waals surface area contributed by atoms with Crippen LogP contribution in [0, 0.1) is 0 Å². The molecule has 2 nitrogen and oxygen atoms in total. The third kappa shape index (κ3) is 3.09. The molecule has 76 valence electrons. The van der Waals surface area contributed by atoms with E-state index in [-0.39, 0.29) is 11.6 Å². The molecule has 0 saturated heterocycles. The molecular formula is C11H13FO2. The second-order valence-electron chi connectivity index (χ2n) is 2.66. The van der Waals surface area contributed by atoms with Crippen LogP contribution >= 0.6 is 0 Å². The molecule has 0 aliphatic rings. The minimum atomic E-state index is -0.0687. The van der Waals surface area contributed by atoms with Gasteiger partial charge in [0.05, 0.1) is 7.18 Å². The van der Waals surface area contributed by atoms with Gasteiger partial charge < -0.3 is 0 Å². The number of benzene rings is 1. The molecule has 0 aliphatic heterocycles. The lowest BCUT2D eigenvalue weighted by molar-refractivity contribution is 0.0981. The molecule has 0 saturated carbocycles. The van der Waals surface area contributed by atoms with Crippen molar-refractivity contribution in [2.75, 3.05) is 7.18 Å². The van der Waals surface area contributed by atoms with Crippen molar-refractivity contribution >= 4 is 11.6 Å². The zero-order valence-electron chi connectivity index (χ0n) is 8.50. The van der Waals surface area contributed by atoms with Crippen molar-refractivity contribution in [3.8, 4) is 0 Å². The minimum Gasteiger partial charge on any atom is -0.294 e. The minimum absolute atomic E-state index is 0.0687. The molecule has 0 radical (unpaired) electrons. The third-order valence-corrected chi connectivity index (χ3v) is 1.69. The molecule has 14 heavy (non-hydrogen) atoms. The van der Waals surface area contributed by atoms with Crippen molar-refractivity contribution in [1.29, 1.82) is 0 Å². The molecule has 0 fully saturated rings. The average Bonchev–Trinajstić information content (AvgIpc) is 2.20. The van der Waals surface area contributed by atoms with E-state index in [2.05, 4.69) is 0 Å². The maximum atomic E-state index is 11.0. The summed E-state index contributed by atoms with van der Waals surface area (Å²) in [6, 6.07) is 6.84. The van der Waals surface area contributed by atoms with Crippen molar-refractivity contribution in [3.05, 3.63) is 35.4 Å². The number of carbonyl (C=O) groups is 2. The Kier molecular flexibility index (Phi) is 5.37. The third-order valence-electron chi connectivity index (χ3n) is 1.69. The molecule has 1 aromatic carbocycles. The first-order valence-corrected chi connectivity index (χ1v) is 4.11. The first-order chi connectivity index (χ1) is 6.63. The summed E-state index contributed by atoms with van der Waals surface area (Å²) in [6.07, 6.45) is 0. The maximum Gasteiger partial charge on any atom is 0.160 e. The largest absolute Gasteiger partial charge is 0.294 e. The van der Waals surface area contributed by atoms with Gasteiger partial charge in [-0.1, -0.05) is 24.3 Å². The molecule has 0 aromatic heterocycles. The second kappa shape index (κ2) is 6.02. The van der Waals surface area contributed by atoms with E-state index >= 15 is 0 Å². The molecule has 0 N–H and O–H groups in total. The lowest BCUT2D eigenvalue weighted by Gasteiger charge is -2.00. The van der Waals surface area contributed by atoms with Crippen LogP contribution in [0.3, 0.4) is 0 Å². The Morgan fingerprint density at radius 3 is 1.43 bits per heavy atom. The zero-order valence-corrected chi connectivity index (χ0v) is 8.50. The Bertz CT molecular complexity index is 299. The van der Waals surface area contributed by atoms with E-state index in [1.54, 1.807) is 24.3 Å². The Balaban J connectivity index is 0.000000791. The van der Waals surface area contributed by atoms with E-state index in [9.17, 15) is 14.0 Å². The Morgan fingerprint density at radius 1 is 0.929 bits per heavy atom. The van der Waals surface area contributed by atoms with Crippen molar-refractivity contribution in [3.63, 3.8) is 0 Å². The van der Waals surface area contributed by atoms with E-state index in [1.807, 2.05) is 0 Å². The summed E-state index contributed by atoms with van der Waals surface area (Å²) in [4.78, 5) is 22.0. The van der Waals surface area contributed by atoms with Crippen LogP contribution in [0.5, 0.6) is 0 Å². The smallest absolute Gasteiger partial charge is 0.160 e. The fourth-order valence-electron chi connectivity index (χ4n) is 1.10. The molecular weight excluding hydrogens is 183 g/mol. The summed E-state index contributed by atoms with van der Waals surface area (Å²) < 4.78 is 9.50. The fourth-order valence-corrected chi connectivity index (χ4v) is 1.10. The average molecular weight is 196 g/mol. The first-order valence-electron chi connectivity index (χ1n) is 4.11. The topological polar surface area (TPSA) is 34.1 Å². The Labute approximate surface area is 82.8 Å². The van der Waals surface area contributed by atoms with Crippen molar-refractivity contribution in [2.45, 2.75) is 13.8 Å². The SMILES string of the molecule is CC(=O)c1ccccc1C(C)=O.CF. The standard InChI is InChI=1S/C10H10O2.CH3F/c1-7(11)9-5-3-4-6-10(9)8(2)12;1-2/h3-6H,1-2H3;1H3. The molecule has 0 aliphatic carbocycles. The predicted molar refractivity (Wildman–Crippen MR) is 53.5 cm³/mol. The summed E-state index contributed by atoms with van der Waals surface area (Å²) in [5.41, 5.74) is 1.01. The van der Waals surface area contributed by atoms with E-state index in [0.717, 1.165) is 0 Å². The molecule has 0 heterocycles. The normalized spacial score (nSPS) is 8.57. The predicted octanol–water partition coefficient (Wildman–Crippen LogP) is 2.68. The van der Waals surface area contributed by atoms with Crippen LogP contribution in [0.4, 0.5) is 4.39 Å². The van der Waals surface area contributed by atoms with Gasteiger partial charge in [0.15, 0.2) is 11.6 Å². The van der Waals surface area contributed by atoms with Gasteiger partial charge in [0, 0.05) is 11.1 Å². The van der Waals surface area contributed by atoms with Crippen LogP contribution < -0.4 is 0 Å². The number of halogens is 1. The van der Waals surface area contributed by atoms with Crippen LogP contribution in [0.15, 0.2) is 24.3 Å². The van der Waals surface area contributed by atoms with Crippen LogP contribution in [-0.4, -0.2) is 18.7 Å². The van der Waals surface area contributed by atoms with E-state index < -0.39 is 0 Å². The number of carbonyl (C=O) groups excluding carboxylic acids is 2. The molecule has 1 rings (SSSR count). The molecule has 1 aromatic rings. The van der Waals surface area contributed by atoms with E-state index in [0.29, 0.717) is 18.3 Å². The van der Waals surface area contributed by atoms with E-state index in [1.165, 1.54) is 13.8 Å². The lowest BCUT2D eigenvalue weighted by Crippen LogP contribution is -2.02. The first kappa shape index (κ1) is 12.5. The van der Waals surface area contributed by atoms with Gasteiger partial charge in [0.2, 0.25) is 0 Å². The summed E-state index contributed by atoms with van der Waals surface area (Å²) in [7, 11) is 0.500. The van der Waals surface area contributed by atoms with Gasteiger partial charge in [-0.2, -0.15) is 0 Å². The van der Waals surface area contributed by atoms with Crippen LogP contribution in [0.25, 0.3) is 0 Å². The molecule has 0 atom stereocenters. The number of rotatable bonds is 2. The highest BCUT2D eigenvalue weighted by atomic mass is 19.1. The summed E-state index contributed by atoms with van der Waals surface area (Å²) in [5.74, 6) is -0.137. The molecule has 0 spiro atoms. The number of hydrogen-bond acceptors (Lipinski definition) is 2. The van der Waals surface area contributed by atoms with Gasteiger partial charge in [-0.15, -0.1) is 0 Å². The highest BCUT2D eigenvalue weighted by Gasteiger charge is 2.08. The zero-order chi connectivity index (χ0) is 11.1. The summed E-state index contributed by atoms with van der Waals surface area (Å²) in [6.45, 7) is 2.92. The van der Waals surface area contributed by atoms with Gasteiger partial charge in [0.25, 0.3) is 0 Å². The fraction of sp³-hybridized carbons (Fsp3) is 0.273. The van der Waals surface area contributed by atoms with Crippen LogP contribution in [0.1, 0.15) is 34.6 Å². The van der Waals surface area contributed by atoms with Crippen molar-refractivity contribution in [1.82, 2.24) is 0 Å². The molecule has 0 bridgehead atoms. The van der Waals surface area contributed by atoms with Gasteiger partial charge in [-0.25, -0.2) is 0 Å². The Hall–Kier alpha value is -1.51. The molecule has 0 amide bonds. The number of hydrogen-bond donors (Lipinski definition) is 0.